The number of nitrogens with one attached hydrogen (secondary N) is 1. The Labute approximate surface area is 92.3 Å². The first-order valence-electron chi connectivity index (χ1n) is 5.84. The SMILES string of the molecule is CCCCCN1C[CH]Nc2ccccc21. The van der Waals surface area contributed by atoms with Gasteiger partial charge in [-0.2, -0.15) is 0 Å². The van der Waals surface area contributed by atoms with E-state index in [4.69, 9.17) is 0 Å². The zero-order valence-corrected chi connectivity index (χ0v) is 9.37. The van der Waals surface area contributed by atoms with Crippen LogP contribution in [0.2, 0.25) is 0 Å². The fourth-order valence-corrected chi connectivity index (χ4v) is 2.00. The minimum absolute atomic E-state index is 1.01. The van der Waals surface area contributed by atoms with E-state index < -0.39 is 0 Å². The molecular formula is C13H19N2. The van der Waals surface area contributed by atoms with Crippen LogP contribution in [0.25, 0.3) is 0 Å². The lowest BCUT2D eigenvalue weighted by Gasteiger charge is -2.31. The molecule has 0 bridgehead atoms. The van der Waals surface area contributed by atoms with E-state index in [1.54, 1.807) is 0 Å². The molecule has 0 saturated heterocycles. The summed E-state index contributed by atoms with van der Waals surface area (Å²) in [5.41, 5.74) is 2.58. The van der Waals surface area contributed by atoms with Gasteiger partial charge in [0.1, 0.15) is 0 Å². The molecule has 0 aliphatic carbocycles. The number of rotatable bonds is 4. The third-order valence-electron chi connectivity index (χ3n) is 2.85. The van der Waals surface area contributed by atoms with E-state index in [1.807, 2.05) is 0 Å². The van der Waals surface area contributed by atoms with Gasteiger partial charge in [-0.05, 0) is 18.6 Å². The van der Waals surface area contributed by atoms with Crippen LogP contribution in [0, 0.1) is 6.54 Å². The third kappa shape index (κ3) is 2.44. The quantitative estimate of drug-likeness (QED) is 0.755. The third-order valence-corrected chi connectivity index (χ3v) is 2.85. The number of unbranched alkanes of at least 4 members (excludes halogenated alkanes) is 2. The van der Waals surface area contributed by atoms with Crippen LogP contribution in [0.15, 0.2) is 24.3 Å². The molecule has 2 nitrogen and oxygen atoms in total. The Morgan fingerprint density at radius 2 is 2.13 bits per heavy atom. The summed E-state index contributed by atoms with van der Waals surface area (Å²) < 4.78 is 0. The summed E-state index contributed by atoms with van der Waals surface area (Å²) in [5, 5.41) is 3.32. The summed E-state index contributed by atoms with van der Waals surface area (Å²) in [6, 6.07) is 8.52. The van der Waals surface area contributed by atoms with Crippen molar-refractivity contribution in [2.75, 3.05) is 23.3 Å². The van der Waals surface area contributed by atoms with Crippen LogP contribution in [0.3, 0.4) is 0 Å². The Kier molecular flexibility index (Phi) is 3.49. The second-order valence-electron chi connectivity index (χ2n) is 4.02. The molecule has 0 spiro atoms. The lowest BCUT2D eigenvalue weighted by Crippen LogP contribution is -2.31. The van der Waals surface area contributed by atoms with Crippen molar-refractivity contribution >= 4 is 11.4 Å². The van der Waals surface area contributed by atoms with Gasteiger partial charge in [-0.25, -0.2) is 0 Å². The van der Waals surface area contributed by atoms with Gasteiger partial charge in [0.25, 0.3) is 0 Å². The second kappa shape index (κ2) is 5.06. The van der Waals surface area contributed by atoms with Crippen LogP contribution in [0.5, 0.6) is 0 Å². The highest BCUT2D eigenvalue weighted by atomic mass is 15.2. The first-order chi connectivity index (χ1) is 7.42. The molecule has 0 aromatic heterocycles. The van der Waals surface area contributed by atoms with Crippen molar-refractivity contribution in [3.8, 4) is 0 Å². The molecule has 1 aromatic rings. The highest BCUT2D eigenvalue weighted by Crippen LogP contribution is 2.29. The molecule has 0 atom stereocenters. The fourth-order valence-electron chi connectivity index (χ4n) is 2.00. The van der Waals surface area contributed by atoms with E-state index in [-0.39, 0.29) is 0 Å². The molecule has 81 valence electrons. The summed E-state index contributed by atoms with van der Waals surface area (Å²) in [6.07, 6.45) is 3.90. The van der Waals surface area contributed by atoms with E-state index in [1.165, 1.54) is 37.2 Å². The molecule has 1 N–H and O–H groups in total. The average molecular weight is 203 g/mol. The highest BCUT2D eigenvalue weighted by Gasteiger charge is 2.14. The topological polar surface area (TPSA) is 15.3 Å². The highest BCUT2D eigenvalue weighted by molar-refractivity contribution is 5.72. The smallest absolute Gasteiger partial charge is 0.0655 e. The lowest BCUT2D eigenvalue weighted by molar-refractivity contribution is 0.685. The summed E-state index contributed by atoms with van der Waals surface area (Å²) in [5.74, 6) is 0. The minimum Gasteiger partial charge on any atom is -0.377 e. The minimum atomic E-state index is 1.01. The van der Waals surface area contributed by atoms with E-state index >= 15 is 0 Å². The fraction of sp³-hybridized carbons (Fsp3) is 0.462. The van der Waals surface area contributed by atoms with Crippen LogP contribution in [0.1, 0.15) is 26.2 Å². The molecule has 1 aliphatic rings. The Hall–Kier alpha value is -1.18. The van der Waals surface area contributed by atoms with Gasteiger partial charge in [0.05, 0.1) is 17.9 Å². The second-order valence-corrected chi connectivity index (χ2v) is 4.02. The van der Waals surface area contributed by atoms with E-state index in [9.17, 15) is 0 Å². The molecule has 1 radical (unpaired) electrons. The number of nitrogens with zero attached hydrogens (tertiary/aromatic N) is 1. The van der Waals surface area contributed by atoms with Gasteiger partial charge >= 0.3 is 0 Å². The van der Waals surface area contributed by atoms with Gasteiger partial charge in [-0.1, -0.05) is 31.9 Å². The predicted octanol–water partition coefficient (Wildman–Crippen LogP) is 3.27. The average Bonchev–Trinajstić information content (AvgIpc) is 2.30. The summed E-state index contributed by atoms with van der Waals surface area (Å²) in [7, 11) is 0. The maximum absolute atomic E-state index is 3.32. The largest absolute Gasteiger partial charge is 0.377 e. The molecule has 1 heterocycles. The van der Waals surface area contributed by atoms with Crippen LogP contribution >= 0.6 is 0 Å². The summed E-state index contributed by atoms with van der Waals surface area (Å²) >= 11 is 0. The molecule has 0 amide bonds. The predicted molar refractivity (Wildman–Crippen MR) is 66.1 cm³/mol. The molecule has 0 fully saturated rings. The maximum Gasteiger partial charge on any atom is 0.0655 e. The summed E-state index contributed by atoms with van der Waals surface area (Å²) in [6.45, 7) is 6.57. The van der Waals surface area contributed by atoms with Crippen molar-refractivity contribution in [1.82, 2.24) is 0 Å². The normalized spacial score (nSPS) is 14.6. The molecule has 0 saturated carbocycles. The van der Waals surface area contributed by atoms with E-state index in [2.05, 4.69) is 48.0 Å². The molecule has 2 rings (SSSR count). The molecule has 1 aromatic carbocycles. The van der Waals surface area contributed by atoms with Gasteiger partial charge in [0.2, 0.25) is 0 Å². The molecule has 0 unspecified atom stereocenters. The van der Waals surface area contributed by atoms with Gasteiger partial charge < -0.3 is 10.2 Å². The number of hydrogen-bond acceptors (Lipinski definition) is 2. The van der Waals surface area contributed by atoms with Crippen molar-refractivity contribution in [3.05, 3.63) is 30.8 Å². The van der Waals surface area contributed by atoms with E-state index in [0.29, 0.717) is 0 Å². The molecule has 15 heavy (non-hydrogen) atoms. The van der Waals surface area contributed by atoms with Gasteiger partial charge in [-0.3, -0.25) is 0 Å². The first kappa shape index (κ1) is 10.3. The van der Waals surface area contributed by atoms with Gasteiger partial charge in [0.15, 0.2) is 0 Å². The number of hydrogen-bond donors (Lipinski definition) is 1. The Balaban J connectivity index is 2.02. The van der Waals surface area contributed by atoms with Crippen molar-refractivity contribution in [2.24, 2.45) is 0 Å². The zero-order chi connectivity index (χ0) is 10.5. The lowest BCUT2D eigenvalue weighted by atomic mass is 10.1. The standard InChI is InChI=1S/C13H19N2/c1-2-3-6-10-15-11-9-14-12-7-4-5-8-13(12)15/h4-5,7-9,14H,2-3,6,10-11H2,1H3. The number of fused-ring (bicyclic) bond motifs is 1. The van der Waals surface area contributed by atoms with Crippen LogP contribution in [-0.4, -0.2) is 13.1 Å². The zero-order valence-electron chi connectivity index (χ0n) is 9.37. The van der Waals surface area contributed by atoms with Crippen LogP contribution in [-0.2, 0) is 0 Å². The van der Waals surface area contributed by atoms with Crippen LogP contribution < -0.4 is 10.2 Å². The molecule has 2 heteroatoms. The first-order valence-corrected chi connectivity index (χ1v) is 5.84. The van der Waals surface area contributed by atoms with Gasteiger partial charge in [0, 0.05) is 13.1 Å². The number of anilines is 2. The Bertz CT molecular complexity index is 309. The number of benzene rings is 1. The molecule has 1 aliphatic heterocycles. The van der Waals surface area contributed by atoms with Crippen molar-refractivity contribution in [2.45, 2.75) is 26.2 Å². The Morgan fingerprint density at radius 3 is 3.00 bits per heavy atom. The van der Waals surface area contributed by atoms with Crippen molar-refractivity contribution < 1.29 is 0 Å². The van der Waals surface area contributed by atoms with Crippen LogP contribution in [0.4, 0.5) is 11.4 Å². The maximum atomic E-state index is 3.32. The monoisotopic (exact) mass is 203 g/mol. The number of para-hydroxylation sites is 2. The molecular weight excluding hydrogens is 184 g/mol. The van der Waals surface area contributed by atoms with Crippen molar-refractivity contribution in [3.63, 3.8) is 0 Å². The Morgan fingerprint density at radius 1 is 1.27 bits per heavy atom. The summed E-state index contributed by atoms with van der Waals surface area (Å²) in [4.78, 5) is 2.45. The van der Waals surface area contributed by atoms with Gasteiger partial charge in [-0.15, -0.1) is 0 Å². The van der Waals surface area contributed by atoms with Crippen molar-refractivity contribution in [1.29, 1.82) is 0 Å². The van der Waals surface area contributed by atoms with E-state index in [0.717, 1.165) is 6.54 Å².